The Hall–Kier alpha value is -2.94. The Morgan fingerprint density at radius 3 is 3.04 bits per heavy atom. The van der Waals surface area contributed by atoms with Crippen LogP contribution in [0.25, 0.3) is 4.96 Å². The van der Waals surface area contributed by atoms with Crippen molar-refractivity contribution in [1.29, 1.82) is 0 Å². The van der Waals surface area contributed by atoms with E-state index in [1.807, 2.05) is 18.2 Å². The highest BCUT2D eigenvalue weighted by atomic mass is 32.1. The number of piperidine rings is 1. The van der Waals surface area contributed by atoms with E-state index in [1.165, 1.54) is 21.9 Å². The minimum absolute atomic E-state index is 0.0230. The minimum Gasteiger partial charge on any atom is -0.497 e. The van der Waals surface area contributed by atoms with E-state index >= 15 is 0 Å². The van der Waals surface area contributed by atoms with Gasteiger partial charge in [-0.1, -0.05) is 17.4 Å². The summed E-state index contributed by atoms with van der Waals surface area (Å²) in [7, 11) is 1.60. The number of anilines is 2. The maximum Gasteiger partial charge on any atom is 0.275 e. The summed E-state index contributed by atoms with van der Waals surface area (Å²) < 4.78 is 6.53. The number of benzene rings is 1. The Morgan fingerprint density at radius 2 is 2.21 bits per heavy atom. The molecule has 146 valence electrons. The van der Waals surface area contributed by atoms with E-state index in [1.54, 1.807) is 20.1 Å². The molecule has 0 aliphatic carbocycles. The summed E-state index contributed by atoms with van der Waals surface area (Å²) in [5, 5.41) is 8.10. The topological polar surface area (TPSA) is 88.8 Å². The SMILES string of the molecule is COc1cccc(NC(=O)[C@@H]2CCCN(c3nn4c(=O)cc(C)nc4s3)C2)c1. The molecule has 8 nitrogen and oxygen atoms in total. The summed E-state index contributed by atoms with van der Waals surface area (Å²) >= 11 is 1.37. The van der Waals surface area contributed by atoms with Crippen LogP contribution in [0, 0.1) is 12.8 Å². The number of aryl methyl sites for hydroxylation is 1. The van der Waals surface area contributed by atoms with Gasteiger partial charge in [0.25, 0.3) is 5.56 Å². The molecular formula is C19H21N5O3S. The normalized spacial score (nSPS) is 16.9. The van der Waals surface area contributed by atoms with Gasteiger partial charge in [-0.25, -0.2) is 4.98 Å². The van der Waals surface area contributed by atoms with Crippen molar-refractivity contribution in [2.45, 2.75) is 19.8 Å². The minimum atomic E-state index is -0.186. The molecule has 0 spiro atoms. The second-order valence-electron chi connectivity index (χ2n) is 6.82. The summed E-state index contributed by atoms with van der Waals surface area (Å²) in [5.41, 5.74) is 1.21. The van der Waals surface area contributed by atoms with Gasteiger partial charge in [0.1, 0.15) is 5.75 Å². The highest BCUT2D eigenvalue weighted by Crippen LogP contribution is 2.28. The van der Waals surface area contributed by atoms with Crippen LogP contribution in [0.1, 0.15) is 18.5 Å². The van der Waals surface area contributed by atoms with Crippen LogP contribution in [-0.2, 0) is 4.79 Å². The third kappa shape index (κ3) is 3.70. The van der Waals surface area contributed by atoms with E-state index in [0.29, 0.717) is 33.8 Å². The van der Waals surface area contributed by atoms with Crippen molar-refractivity contribution >= 4 is 33.0 Å². The van der Waals surface area contributed by atoms with Gasteiger partial charge in [-0.3, -0.25) is 9.59 Å². The average molecular weight is 399 g/mol. The van der Waals surface area contributed by atoms with E-state index < -0.39 is 0 Å². The molecule has 1 saturated heterocycles. The zero-order valence-electron chi connectivity index (χ0n) is 15.7. The molecule has 9 heteroatoms. The first-order chi connectivity index (χ1) is 13.5. The monoisotopic (exact) mass is 399 g/mol. The number of hydrogen-bond acceptors (Lipinski definition) is 7. The first-order valence-electron chi connectivity index (χ1n) is 9.11. The second-order valence-corrected chi connectivity index (χ2v) is 7.76. The van der Waals surface area contributed by atoms with Gasteiger partial charge in [0, 0.05) is 36.6 Å². The Morgan fingerprint density at radius 1 is 1.36 bits per heavy atom. The third-order valence-corrected chi connectivity index (χ3v) is 5.73. The van der Waals surface area contributed by atoms with Crippen molar-refractivity contribution in [1.82, 2.24) is 14.6 Å². The smallest absolute Gasteiger partial charge is 0.275 e. The molecule has 1 aliphatic rings. The number of hydrogen-bond donors (Lipinski definition) is 1. The second kappa shape index (κ2) is 7.59. The maximum absolute atomic E-state index is 12.8. The number of aromatic nitrogens is 3. The number of methoxy groups -OCH3 is 1. The van der Waals surface area contributed by atoms with E-state index in [4.69, 9.17) is 4.74 Å². The number of rotatable bonds is 4. The van der Waals surface area contributed by atoms with Crippen molar-refractivity contribution in [3.63, 3.8) is 0 Å². The highest BCUT2D eigenvalue weighted by molar-refractivity contribution is 7.20. The summed E-state index contributed by atoms with van der Waals surface area (Å²) in [4.78, 5) is 31.9. The molecule has 0 saturated carbocycles. The zero-order chi connectivity index (χ0) is 19.7. The third-order valence-electron chi connectivity index (χ3n) is 4.76. The number of nitrogens with one attached hydrogen (secondary N) is 1. The first-order valence-corrected chi connectivity index (χ1v) is 9.92. The summed E-state index contributed by atoms with van der Waals surface area (Å²) in [6.07, 6.45) is 1.70. The molecular weight excluding hydrogens is 378 g/mol. The van der Waals surface area contributed by atoms with Gasteiger partial charge in [0.2, 0.25) is 16.0 Å². The Labute approximate surface area is 165 Å². The molecule has 2 aromatic heterocycles. The van der Waals surface area contributed by atoms with Crippen LogP contribution in [0.15, 0.2) is 35.1 Å². The van der Waals surface area contributed by atoms with E-state index in [9.17, 15) is 9.59 Å². The fourth-order valence-electron chi connectivity index (χ4n) is 3.35. The van der Waals surface area contributed by atoms with Gasteiger partial charge < -0.3 is 15.0 Å². The van der Waals surface area contributed by atoms with Crippen LogP contribution >= 0.6 is 11.3 Å². The van der Waals surface area contributed by atoms with Gasteiger partial charge >= 0.3 is 0 Å². The molecule has 0 unspecified atom stereocenters. The lowest BCUT2D eigenvalue weighted by molar-refractivity contribution is -0.120. The van der Waals surface area contributed by atoms with Gasteiger partial charge in [0.15, 0.2) is 0 Å². The predicted molar refractivity (Wildman–Crippen MR) is 108 cm³/mol. The number of nitrogens with zero attached hydrogens (tertiary/aromatic N) is 4. The maximum atomic E-state index is 12.8. The van der Waals surface area contributed by atoms with Crippen molar-refractivity contribution < 1.29 is 9.53 Å². The molecule has 28 heavy (non-hydrogen) atoms. The first kappa shape index (κ1) is 18.4. The van der Waals surface area contributed by atoms with Gasteiger partial charge in [0.05, 0.1) is 13.0 Å². The number of carbonyl (C=O) groups excluding carboxylic acids is 1. The predicted octanol–water partition coefficient (Wildman–Crippen LogP) is 2.32. The summed E-state index contributed by atoms with van der Waals surface area (Å²) in [6.45, 7) is 3.15. The number of carbonyl (C=O) groups is 1. The number of fused-ring (bicyclic) bond motifs is 1. The highest BCUT2D eigenvalue weighted by Gasteiger charge is 2.28. The molecule has 1 atom stereocenters. The van der Waals surface area contributed by atoms with Crippen LogP contribution in [0.5, 0.6) is 5.75 Å². The molecule has 4 rings (SSSR count). The van der Waals surface area contributed by atoms with Crippen LogP contribution in [-0.4, -0.2) is 40.7 Å². The summed E-state index contributed by atoms with van der Waals surface area (Å²) in [6, 6.07) is 8.79. The van der Waals surface area contributed by atoms with Crippen LogP contribution < -0.4 is 20.5 Å². The van der Waals surface area contributed by atoms with Crippen molar-refractivity contribution in [2.24, 2.45) is 5.92 Å². The molecule has 1 amide bonds. The van der Waals surface area contributed by atoms with E-state index in [2.05, 4.69) is 20.3 Å². The van der Waals surface area contributed by atoms with E-state index in [-0.39, 0.29) is 17.4 Å². The Bertz CT molecular complexity index is 1080. The Balaban J connectivity index is 1.50. The van der Waals surface area contributed by atoms with Crippen molar-refractivity contribution in [3.8, 4) is 5.75 Å². The van der Waals surface area contributed by atoms with Gasteiger partial charge in [-0.2, -0.15) is 4.52 Å². The quantitative estimate of drug-likeness (QED) is 0.724. The van der Waals surface area contributed by atoms with Gasteiger partial charge in [-0.15, -0.1) is 5.10 Å². The van der Waals surface area contributed by atoms with Crippen LogP contribution in [0.3, 0.4) is 0 Å². The lowest BCUT2D eigenvalue weighted by Gasteiger charge is -2.31. The molecule has 3 heterocycles. The zero-order valence-corrected chi connectivity index (χ0v) is 16.5. The molecule has 0 radical (unpaired) electrons. The molecule has 1 aromatic carbocycles. The molecule has 3 aromatic rings. The fourth-order valence-corrected chi connectivity index (χ4v) is 4.34. The lowest BCUT2D eigenvalue weighted by atomic mass is 9.97. The van der Waals surface area contributed by atoms with Crippen LogP contribution in [0.2, 0.25) is 0 Å². The fraction of sp³-hybridized carbons (Fsp3) is 0.368. The molecule has 0 bridgehead atoms. The molecule has 1 fully saturated rings. The van der Waals surface area contributed by atoms with Crippen LogP contribution in [0.4, 0.5) is 10.8 Å². The number of amides is 1. The standard InChI is InChI=1S/C19H21N5O3S/c1-12-9-16(25)24-18(20-12)28-19(22-24)23-8-4-5-13(11-23)17(26)21-14-6-3-7-15(10-14)27-2/h3,6-7,9-10,13H,4-5,8,11H2,1-2H3,(H,21,26)/t13-/m1/s1. The summed E-state index contributed by atoms with van der Waals surface area (Å²) in [5.74, 6) is 0.523. The van der Waals surface area contributed by atoms with E-state index in [0.717, 1.165) is 19.4 Å². The largest absolute Gasteiger partial charge is 0.497 e. The lowest BCUT2D eigenvalue weighted by Crippen LogP contribution is -2.40. The molecule has 1 N–H and O–H groups in total. The average Bonchev–Trinajstić information content (AvgIpc) is 3.12. The van der Waals surface area contributed by atoms with Gasteiger partial charge in [-0.05, 0) is 31.9 Å². The van der Waals surface area contributed by atoms with Crippen molar-refractivity contribution in [2.75, 3.05) is 30.4 Å². The number of ether oxygens (including phenoxy) is 1. The molecule has 1 aliphatic heterocycles. The Kier molecular flexibility index (Phi) is 4.99. The van der Waals surface area contributed by atoms with Crippen molar-refractivity contribution in [3.05, 3.63) is 46.4 Å².